The third-order valence-corrected chi connectivity index (χ3v) is 2.20. The molecule has 0 N–H and O–H groups in total. The third-order valence-electron chi connectivity index (χ3n) is 2.20. The number of rotatable bonds is 4. The molecule has 14 heavy (non-hydrogen) atoms. The smallest absolute Gasteiger partial charge is 0.174 e. The van der Waals surface area contributed by atoms with Crippen LogP contribution in [0.3, 0.4) is 0 Å². The van der Waals surface area contributed by atoms with Crippen molar-refractivity contribution in [1.29, 1.82) is 0 Å². The Kier molecular flexibility index (Phi) is 2.53. The number of benzene rings is 1. The van der Waals surface area contributed by atoms with E-state index >= 15 is 0 Å². The summed E-state index contributed by atoms with van der Waals surface area (Å²) < 4.78 is 10.6. The van der Waals surface area contributed by atoms with Gasteiger partial charge in [-0.15, -0.1) is 6.42 Å². The predicted octanol–water partition coefficient (Wildman–Crippen LogP) is 1.61. The second-order valence-electron chi connectivity index (χ2n) is 3.41. The van der Waals surface area contributed by atoms with Gasteiger partial charge in [0.15, 0.2) is 5.60 Å². The molecule has 0 aliphatic carbocycles. The Labute approximate surface area is 83.8 Å². The van der Waals surface area contributed by atoms with Gasteiger partial charge < -0.3 is 9.47 Å². The van der Waals surface area contributed by atoms with E-state index < -0.39 is 5.60 Å². The molecule has 2 rings (SSSR count). The molecule has 1 unspecified atom stereocenters. The first-order valence-corrected chi connectivity index (χ1v) is 4.58. The molecule has 0 aromatic heterocycles. The van der Waals surface area contributed by atoms with Gasteiger partial charge in [-0.3, -0.25) is 0 Å². The quantitative estimate of drug-likeness (QED) is 0.529. The first kappa shape index (κ1) is 9.26. The first-order chi connectivity index (χ1) is 6.85. The molecule has 1 aromatic rings. The Hall–Kier alpha value is -1.30. The van der Waals surface area contributed by atoms with Gasteiger partial charge >= 0.3 is 0 Å². The minimum atomic E-state index is -0.422. The lowest BCUT2D eigenvalue weighted by Gasteiger charge is -2.05. The van der Waals surface area contributed by atoms with Crippen LogP contribution in [0, 0.1) is 12.3 Å². The van der Waals surface area contributed by atoms with E-state index in [9.17, 15) is 0 Å². The van der Waals surface area contributed by atoms with Crippen LogP contribution in [0.4, 0.5) is 0 Å². The molecule has 1 saturated heterocycles. The van der Waals surface area contributed by atoms with Crippen molar-refractivity contribution in [2.45, 2.75) is 12.2 Å². The summed E-state index contributed by atoms with van der Waals surface area (Å²) >= 11 is 0. The fourth-order valence-corrected chi connectivity index (χ4v) is 1.20. The van der Waals surface area contributed by atoms with Crippen molar-refractivity contribution >= 4 is 0 Å². The molecule has 1 aromatic carbocycles. The van der Waals surface area contributed by atoms with Crippen molar-refractivity contribution in [1.82, 2.24) is 0 Å². The minimum absolute atomic E-state index is 0.422. The van der Waals surface area contributed by atoms with E-state index in [-0.39, 0.29) is 0 Å². The molecule has 1 heterocycles. The highest BCUT2D eigenvalue weighted by molar-refractivity contribution is 5.17. The summed E-state index contributed by atoms with van der Waals surface area (Å²) in [6, 6.07) is 10.0. The number of hydrogen-bond acceptors (Lipinski definition) is 2. The maximum Gasteiger partial charge on any atom is 0.174 e. The summed E-state index contributed by atoms with van der Waals surface area (Å²) in [7, 11) is 0. The van der Waals surface area contributed by atoms with Gasteiger partial charge in [0.05, 0.1) is 19.8 Å². The van der Waals surface area contributed by atoms with Crippen LogP contribution in [0.5, 0.6) is 0 Å². The van der Waals surface area contributed by atoms with E-state index in [2.05, 4.69) is 5.92 Å². The van der Waals surface area contributed by atoms with Crippen molar-refractivity contribution in [3.63, 3.8) is 0 Å². The Bertz CT molecular complexity index is 333. The Balaban J connectivity index is 1.77. The van der Waals surface area contributed by atoms with Crippen LogP contribution in [0.2, 0.25) is 0 Å². The van der Waals surface area contributed by atoms with Crippen molar-refractivity contribution in [2.24, 2.45) is 0 Å². The Morgan fingerprint density at radius 2 is 2.14 bits per heavy atom. The summed E-state index contributed by atoms with van der Waals surface area (Å²) in [5, 5.41) is 0. The van der Waals surface area contributed by atoms with Gasteiger partial charge in [-0.25, -0.2) is 0 Å². The molecule has 2 nitrogen and oxygen atoms in total. The van der Waals surface area contributed by atoms with Crippen molar-refractivity contribution in [3.8, 4) is 12.3 Å². The Morgan fingerprint density at radius 1 is 1.43 bits per heavy atom. The fraction of sp³-hybridized carbons (Fsp3) is 0.333. The largest absolute Gasteiger partial charge is 0.373 e. The van der Waals surface area contributed by atoms with Crippen LogP contribution in [0.15, 0.2) is 30.3 Å². The molecule has 0 radical (unpaired) electrons. The molecule has 0 amide bonds. The highest BCUT2D eigenvalue weighted by Gasteiger charge is 2.43. The van der Waals surface area contributed by atoms with Crippen LogP contribution in [0.1, 0.15) is 5.56 Å². The molecule has 1 aliphatic heterocycles. The van der Waals surface area contributed by atoms with Gasteiger partial charge in [0.25, 0.3) is 0 Å². The standard InChI is InChI=1S/C12H12O2/c1-2-12(10-14-12)9-13-8-11-6-4-3-5-7-11/h1,3-7H,8-10H2. The molecule has 2 heteroatoms. The van der Waals surface area contributed by atoms with Gasteiger partial charge in [-0.1, -0.05) is 36.3 Å². The zero-order valence-corrected chi connectivity index (χ0v) is 7.90. The average molecular weight is 188 g/mol. The van der Waals surface area contributed by atoms with E-state index in [1.165, 1.54) is 0 Å². The summed E-state index contributed by atoms with van der Waals surface area (Å²) in [5.41, 5.74) is 0.731. The second-order valence-corrected chi connectivity index (χ2v) is 3.41. The molecular formula is C12H12O2. The van der Waals surface area contributed by atoms with Gasteiger partial charge in [0.1, 0.15) is 0 Å². The SMILES string of the molecule is C#CC1(COCc2ccccc2)CO1. The maximum absolute atomic E-state index is 5.47. The number of terminal acetylenes is 1. The highest BCUT2D eigenvalue weighted by Crippen LogP contribution is 2.26. The topological polar surface area (TPSA) is 21.8 Å². The minimum Gasteiger partial charge on any atom is -0.373 e. The average Bonchev–Trinajstić information content (AvgIpc) is 3.00. The van der Waals surface area contributed by atoms with E-state index in [0.717, 1.165) is 5.56 Å². The second kappa shape index (κ2) is 3.83. The van der Waals surface area contributed by atoms with E-state index in [4.69, 9.17) is 15.9 Å². The molecule has 0 spiro atoms. The number of epoxide rings is 1. The first-order valence-electron chi connectivity index (χ1n) is 4.58. The van der Waals surface area contributed by atoms with Crippen molar-refractivity contribution in [2.75, 3.05) is 13.2 Å². The lowest BCUT2D eigenvalue weighted by Crippen LogP contribution is -2.16. The van der Waals surface area contributed by atoms with E-state index in [1.54, 1.807) is 0 Å². The van der Waals surface area contributed by atoms with Crippen LogP contribution in [-0.2, 0) is 16.1 Å². The van der Waals surface area contributed by atoms with Crippen LogP contribution in [-0.4, -0.2) is 18.8 Å². The predicted molar refractivity (Wildman–Crippen MR) is 53.6 cm³/mol. The van der Waals surface area contributed by atoms with Gasteiger partial charge in [0, 0.05) is 0 Å². The number of hydrogen-bond donors (Lipinski definition) is 0. The van der Waals surface area contributed by atoms with E-state index in [0.29, 0.717) is 19.8 Å². The fourth-order valence-electron chi connectivity index (χ4n) is 1.20. The zero-order chi connectivity index (χ0) is 9.86. The van der Waals surface area contributed by atoms with E-state index in [1.807, 2.05) is 30.3 Å². The highest BCUT2D eigenvalue weighted by atomic mass is 16.6. The van der Waals surface area contributed by atoms with Crippen LogP contribution >= 0.6 is 0 Å². The maximum atomic E-state index is 5.47. The van der Waals surface area contributed by atoms with Crippen molar-refractivity contribution < 1.29 is 9.47 Å². The monoisotopic (exact) mass is 188 g/mol. The third kappa shape index (κ3) is 2.14. The summed E-state index contributed by atoms with van der Waals surface area (Å²) in [5.74, 6) is 2.59. The molecule has 1 atom stereocenters. The molecule has 1 aliphatic rings. The summed E-state index contributed by atoms with van der Waals surface area (Å²) in [6.07, 6.45) is 5.29. The van der Waals surface area contributed by atoms with Gasteiger partial charge in [0.2, 0.25) is 0 Å². The molecular weight excluding hydrogens is 176 g/mol. The molecule has 0 saturated carbocycles. The lowest BCUT2D eigenvalue weighted by molar-refractivity contribution is 0.0864. The number of ether oxygens (including phenoxy) is 2. The molecule has 1 fully saturated rings. The lowest BCUT2D eigenvalue weighted by atomic mass is 10.2. The van der Waals surface area contributed by atoms with Crippen LogP contribution < -0.4 is 0 Å². The Morgan fingerprint density at radius 3 is 2.71 bits per heavy atom. The van der Waals surface area contributed by atoms with Gasteiger partial charge in [-0.2, -0.15) is 0 Å². The summed E-state index contributed by atoms with van der Waals surface area (Å²) in [6.45, 7) is 1.70. The molecule has 0 bridgehead atoms. The normalized spacial score (nSPS) is 24.2. The summed E-state index contributed by atoms with van der Waals surface area (Å²) in [4.78, 5) is 0. The van der Waals surface area contributed by atoms with Crippen LogP contribution in [0.25, 0.3) is 0 Å². The molecule has 72 valence electrons. The van der Waals surface area contributed by atoms with Crippen molar-refractivity contribution in [3.05, 3.63) is 35.9 Å². The van der Waals surface area contributed by atoms with Gasteiger partial charge in [-0.05, 0) is 5.56 Å². The zero-order valence-electron chi connectivity index (χ0n) is 7.90.